The molecule has 0 amide bonds. The molecule has 0 radical (unpaired) electrons. The van der Waals surface area contributed by atoms with E-state index in [1.54, 1.807) is 23.8 Å². The van der Waals surface area contributed by atoms with E-state index in [4.69, 9.17) is 14.3 Å². The van der Waals surface area contributed by atoms with Crippen LogP contribution in [-0.4, -0.2) is 43.9 Å². The Morgan fingerprint density at radius 2 is 2.24 bits per heavy atom. The molecule has 0 saturated heterocycles. The average molecular weight is 429 g/mol. The molecule has 0 aromatic carbocycles. The molecule has 0 unspecified atom stereocenters. The van der Waals surface area contributed by atoms with Gasteiger partial charge in [-0.2, -0.15) is 18.3 Å². The number of rotatable bonds is 5. The van der Waals surface area contributed by atoms with Crippen LogP contribution in [0.3, 0.4) is 0 Å². The minimum absolute atomic E-state index is 0.720. The van der Waals surface area contributed by atoms with E-state index in [9.17, 15) is 13.2 Å². The van der Waals surface area contributed by atoms with Gasteiger partial charge in [0.15, 0.2) is 5.13 Å². The van der Waals surface area contributed by atoms with Gasteiger partial charge in [0.2, 0.25) is 0 Å². The highest BCUT2D eigenvalue weighted by molar-refractivity contribution is 7.13. The lowest BCUT2D eigenvalue weighted by Gasteiger charge is -2.25. The number of furan rings is 1. The lowest BCUT2D eigenvalue weighted by molar-refractivity contribution is -0.192. The monoisotopic (exact) mass is 429 g/mol. The van der Waals surface area contributed by atoms with Crippen LogP contribution in [0.15, 0.2) is 34.4 Å². The molecule has 0 aliphatic carbocycles. The summed E-state index contributed by atoms with van der Waals surface area (Å²) in [6, 6.07) is 3.95. The Morgan fingerprint density at radius 3 is 2.86 bits per heavy atom. The van der Waals surface area contributed by atoms with E-state index in [1.165, 1.54) is 11.3 Å². The van der Waals surface area contributed by atoms with Gasteiger partial charge in [-0.25, -0.2) is 9.78 Å². The highest BCUT2D eigenvalue weighted by Gasteiger charge is 2.38. The molecule has 3 aromatic rings. The van der Waals surface area contributed by atoms with Crippen LogP contribution in [0.25, 0.3) is 0 Å². The van der Waals surface area contributed by atoms with Gasteiger partial charge < -0.3 is 14.8 Å². The Bertz CT molecular complexity index is 910. The van der Waals surface area contributed by atoms with Crippen molar-refractivity contribution in [2.75, 3.05) is 11.9 Å². The molecule has 1 aliphatic heterocycles. The van der Waals surface area contributed by atoms with Crippen LogP contribution < -0.4 is 5.32 Å². The second-order valence-electron chi connectivity index (χ2n) is 6.16. The number of hydrogen-bond donors (Lipinski definition) is 3. The number of carboxylic acids is 1. The van der Waals surface area contributed by atoms with E-state index in [1.807, 2.05) is 17.5 Å². The van der Waals surface area contributed by atoms with Gasteiger partial charge in [-0.1, -0.05) is 0 Å². The normalized spacial score (nSPS) is 14.0. The maximum atomic E-state index is 10.6. The Morgan fingerprint density at radius 1 is 1.45 bits per heavy atom. The van der Waals surface area contributed by atoms with Crippen LogP contribution in [0.5, 0.6) is 0 Å². The molecule has 156 valence electrons. The number of thiazole rings is 1. The fourth-order valence-corrected chi connectivity index (χ4v) is 3.34. The lowest BCUT2D eigenvalue weighted by atomic mass is 10.0. The summed E-state index contributed by atoms with van der Waals surface area (Å²) in [6.45, 7) is 3.48. The van der Waals surface area contributed by atoms with Gasteiger partial charge in [0.1, 0.15) is 5.76 Å². The molecule has 0 saturated carbocycles. The van der Waals surface area contributed by atoms with Crippen molar-refractivity contribution in [1.29, 1.82) is 0 Å². The largest absolute Gasteiger partial charge is 0.490 e. The molecule has 1 aliphatic rings. The predicted octanol–water partition coefficient (Wildman–Crippen LogP) is 3.26. The number of aliphatic carboxylic acids is 1. The third kappa shape index (κ3) is 5.81. The first-order valence-corrected chi connectivity index (χ1v) is 9.44. The van der Waals surface area contributed by atoms with Crippen molar-refractivity contribution < 1.29 is 27.5 Å². The van der Waals surface area contributed by atoms with Crippen molar-refractivity contribution in [3.63, 3.8) is 0 Å². The van der Waals surface area contributed by atoms with E-state index < -0.39 is 12.1 Å². The van der Waals surface area contributed by atoms with Crippen LogP contribution in [0.1, 0.15) is 22.7 Å². The molecule has 29 heavy (non-hydrogen) atoms. The standard InChI is InChI=1S/C15H17N5OS.C2HF3O2/c1-2-11(21-6-1)9-20-5-3-12-13(18-19-14(12)10-20)8-17-15-16-4-7-22-15;3-2(4,5)1(6)7/h1-2,4,6-7H,3,5,8-10H2,(H,16,17)(H,18,19);(H,6,7). The van der Waals surface area contributed by atoms with E-state index in [2.05, 4.69) is 25.4 Å². The van der Waals surface area contributed by atoms with E-state index in [-0.39, 0.29) is 0 Å². The number of hydrogen-bond acceptors (Lipinski definition) is 7. The van der Waals surface area contributed by atoms with E-state index >= 15 is 0 Å². The number of carboxylic acid groups (broad SMARTS) is 1. The molecular formula is C17H18F3N5O3S. The molecule has 8 nitrogen and oxygen atoms in total. The number of nitrogens with zero attached hydrogens (tertiary/aromatic N) is 3. The summed E-state index contributed by atoms with van der Waals surface area (Å²) < 4.78 is 37.2. The fraction of sp³-hybridized carbons (Fsp3) is 0.353. The molecule has 0 atom stereocenters. The number of carbonyl (C=O) groups is 1. The summed E-state index contributed by atoms with van der Waals surface area (Å²) in [6.07, 6.45) is -0.537. The third-order valence-electron chi connectivity index (χ3n) is 4.14. The number of nitrogens with one attached hydrogen (secondary N) is 2. The van der Waals surface area contributed by atoms with Crippen LogP contribution in [0.2, 0.25) is 0 Å². The maximum Gasteiger partial charge on any atom is 0.490 e. The molecule has 12 heteroatoms. The van der Waals surface area contributed by atoms with Gasteiger partial charge in [-0.3, -0.25) is 10.00 Å². The Balaban J connectivity index is 0.000000298. The Kier molecular flexibility index (Phi) is 6.54. The van der Waals surface area contributed by atoms with Crippen LogP contribution in [-0.2, 0) is 30.8 Å². The molecule has 0 bridgehead atoms. The lowest BCUT2D eigenvalue weighted by Crippen LogP contribution is -2.30. The molecule has 3 aromatic heterocycles. The minimum atomic E-state index is -5.08. The number of alkyl halides is 3. The van der Waals surface area contributed by atoms with Crippen LogP contribution >= 0.6 is 11.3 Å². The fourth-order valence-electron chi connectivity index (χ4n) is 2.82. The second-order valence-corrected chi connectivity index (χ2v) is 7.06. The van der Waals surface area contributed by atoms with Crippen molar-refractivity contribution in [3.05, 3.63) is 52.7 Å². The summed E-state index contributed by atoms with van der Waals surface area (Å²) in [7, 11) is 0. The molecule has 0 spiro atoms. The van der Waals surface area contributed by atoms with Gasteiger partial charge in [0.25, 0.3) is 0 Å². The molecular weight excluding hydrogens is 411 g/mol. The first kappa shape index (κ1) is 20.9. The number of anilines is 1. The summed E-state index contributed by atoms with van der Waals surface area (Å²) in [5.74, 6) is -1.75. The third-order valence-corrected chi connectivity index (χ3v) is 4.87. The molecule has 4 heterocycles. The summed E-state index contributed by atoms with van der Waals surface area (Å²) in [5.41, 5.74) is 3.66. The molecule has 0 fully saturated rings. The van der Waals surface area contributed by atoms with Crippen molar-refractivity contribution in [2.45, 2.75) is 32.2 Å². The second kappa shape index (κ2) is 9.09. The van der Waals surface area contributed by atoms with Crippen molar-refractivity contribution in [1.82, 2.24) is 20.1 Å². The Hall–Kier alpha value is -2.86. The molecule has 3 N–H and O–H groups in total. The quantitative estimate of drug-likeness (QED) is 0.571. The first-order valence-electron chi connectivity index (χ1n) is 8.56. The highest BCUT2D eigenvalue weighted by Crippen LogP contribution is 2.23. The van der Waals surface area contributed by atoms with Gasteiger partial charge in [-0.15, -0.1) is 11.3 Å². The zero-order valence-electron chi connectivity index (χ0n) is 15.1. The Labute approximate surface area is 167 Å². The van der Waals surface area contributed by atoms with Crippen molar-refractivity contribution in [3.8, 4) is 0 Å². The zero-order chi connectivity index (χ0) is 20.9. The van der Waals surface area contributed by atoms with Crippen molar-refractivity contribution in [2.24, 2.45) is 0 Å². The highest BCUT2D eigenvalue weighted by atomic mass is 32.1. The predicted molar refractivity (Wildman–Crippen MR) is 98.2 cm³/mol. The van der Waals surface area contributed by atoms with Crippen LogP contribution in [0, 0.1) is 0 Å². The first-order chi connectivity index (χ1) is 13.8. The van der Waals surface area contributed by atoms with Gasteiger partial charge >= 0.3 is 12.1 Å². The van der Waals surface area contributed by atoms with Gasteiger partial charge in [-0.05, 0) is 18.6 Å². The zero-order valence-corrected chi connectivity index (χ0v) is 15.9. The van der Waals surface area contributed by atoms with Gasteiger partial charge in [0, 0.05) is 30.2 Å². The topological polar surface area (TPSA) is 107 Å². The van der Waals surface area contributed by atoms with Crippen LogP contribution in [0.4, 0.5) is 18.3 Å². The van der Waals surface area contributed by atoms with Gasteiger partial charge in [0.05, 0.1) is 30.7 Å². The van der Waals surface area contributed by atoms with E-state index in [0.29, 0.717) is 0 Å². The smallest absolute Gasteiger partial charge is 0.475 e. The number of fused-ring (bicyclic) bond motifs is 1. The summed E-state index contributed by atoms with van der Waals surface area (Å²) >= 11 is 1.61. The van der Waals surface area contributed by atoms with E-state index in [0.717, 1.165) is 49.2 Å². The summed E-state index contributed by atoms with van der Waals surface area (Å²) in [5, 5.41) is 21.0. The summed E-state index contributed by atoms with van der Waals surface area (Å²) in [4.78, 5) is 15.5. The number of aromatic amines is 1. The maximum absolute atomic E-state index is 10.6. The van der Waals surface area contributed by atoms with Crippen molar-refractivity contribution >= 4 is 22.4 Å². The number of aromatic nitrogens is 3. The molecule has 4 rings (SSSR count). The number of H-pyrrole nitrogens is 1. The minimum Gasteiger partial charge on any atom is -0.475 e. The SMILES string of the molecule is O=C(O)C(F)(F)F.c1coc(CN2CCc3c(CNc4nccs4)n[nH]c3C2)c1. The average Bonchev–Trinajstić information content (AvgIpc) is 3.42. The number of halogens is 3.